The second-order valence-corrected chi connectivity index (χ2v) is 51.1. The van der Waals surface area contributed by atoms with E-state index in [4.69, 9.17) is 42.6 Å². The molecule has 0 rings (SSSR count). The summed E-state index contributed by atoms with van der Waals surface area (Å²) < 4.78 is 45.0. The van der Waals surface area contributed by atoms with Crippen molar-refractivity contribution in [2.45, 2.75) is 403 Å². The van der Waals surface area contributed by atoms with Gasteiger partial charge in [-0.3, -0.25) is 0 Å². The molecule has 0 spiro atoms. The van der Waals surface area contributed by atoms with Gasteiger partial charge in [-0.1, -0.05) is 276 Å². The highest BCUT2D eigenvalue weighted by atomic mass is 32.2. The second-order valence-electron chi connectivity index (χ2n) is 41.2. The standard InChI is InChI=1S/C8H18O2.C8H18S2.6C7H16O.6C7H16S.C6H14O.C6H14S/c2*1-8(2)4-5-10-7-6-9-3;2*1-6(2)7(3)5-8-4;2*1-6(2)5-7(3)8-4;1-7(2)5-4-6-8-3;1-4-8-6-5-7(2)3;2*1-6(2)7(3)5-8-4;2*1-6(2)5-7(3)8-4;1-7(2)5-4-6-8-3;1-4-8-6-5-7(2)3;2*1-6(2)4-5-7-3/h2*8H,4-7H2,1-3H3;4*6-7H,5H2,1-4H3;2*7H,4-6H2,1-3H3;4*6-7H,5H2,1-4H3;2*7H,4-6H2,1-3H3;2*6H,4-5H2,1-3H3/t;;4*7-;;;4*7-;;;;/m..1010..1010..../s1. The molecule has 0 bridgehead atoms. The van der Waals surface area contributed by atoms with E-state index in [9.17, 15) is 0 Å². The zero-order chi connectivity index (χ0) is 105. The zero-order valence-electron chi connectivity index (χ0n) is 99.8. The first-order chi connectivity index (χ1) is 60.5. The van der Waals surface area contributed by atoms with Gasteiger partial charge in [0, 0.05) is 118 Å². The number of ether oxygens (including phenoxy) is 9. The van der Waals surface area contributed by atoms with Crippen LogP contribution in [0.25, 0.3) is 0 Å². The molecule has 0 aliphatic carbocycles. The van der Waals surface area contributed by atoms with Crippen LogP contribution in [0.1, 0.15) is 381 Å². The largest absolute Gasteiger partial charge is 0.385 e. The third-order valence-electron chi connectivity index (χ3n) is 19.8. The topological polar surface area (TPSA) is 83.1 Å². The molecule has 0 amide bonds. The van der Waals surface area contributed by atoms with Crippen LogP contribution in [-0.2, 0) is 42.6 Å². The Morgan fingerprint density at radius 1 is 0.223 bits per heavy atom. The van der Waals surface area contributed by atoms with Gasteiger partial charge in [0.05, 0.1) is 25.4 Å². The molecule has 812 valence electrons. The summed E-state index contributed by atoms with van der Waals surface area (Å²) in [4.78, 5) is 0. The Morgan fingerprint density at radius 3 is 0.715 bits per heavy atom. The van der Waals surface area contributed by atoms with E-state index in [1.165, 1.54) is 122 Å². The van der Waals surface area contributed by atoms with Crippen LogP contribution in [0.3, 0.4) is 0 Å². The average Bonchev–Trinajstić information content (AvgIpc) is 1.03. The summed E-state index contributed by atoms with van der Waals surface area (Å²) in [5, 5.41) is 1.69. The Kier molecular flexibility index (Phi) is 188. The summed E-state index contributed by atoms with van der Waals surface area (Å²) in [5.41, 5.74) is 0. The van der Waals surface area contributed by atoms with Crippen LogP contribution in [0, 0.1) is 118 Å². The highest BCUT2D eigenvalue weighted by Crippen LogP contribution is 2.19. The minimum Gasteiger partial charge on any atom is -0.385 e. The van der Waals surface area contributed by atoms with E-state index >= 15 is 0 Å². The van der Waals surface area contributed by atoms with Crippen molar-refractivity contribution in [2.24, 2.45) is 118 Å². The van der Waals surface area contributed by atoms with Crippen LogP contribution in [0.2, 0.25) is 0 Å². The summed E-state index contributed by atoms with van der Waals surface area (Å²) in [6.45, 7) is 101. The normalized spacial score (nSPS) is 12.6. The molecule has 0 radical (unpaired) electrons. The van der Waals surface area contributed by atoms with Gasteiger partial charge in [-0.25, -0.2) is 0 Å². The zero-order valence-corrected chi connectivity index (χ0v) is 107. The molecule has 0 unspecified atom stereocenters. The molecule has 18 heteroatoms. The number of rotatable bonds is 58. The quantitative estimate of drug-likeness (QED) is 0.0541. The minimum absolute atomic E-state index is 0.426. The van der Waals surface area contributed by atoms with Gasteiger partial charge in [0.2, 0.25) is 0 Å². The summed E-state index contributed by atoms with van der Waals surface area (Å²) >= 11 is 17.7. The Balaban J connectivity index is -0.0000000762. The minimum atomic E-state index is 0.426. The molecular weight excluding hydrogens is 1780 g/mol. The van der Waals surface area contributed by atoms with E-state index in [1.807, 2.05) is 101 Å². The summed E-state index contributed by atoms with van der Waals surface area (Å²) in [7, 11) is 12.2. The molecule has 0 fully saturated rings. The molecule has 0 aliphatic heterocycles. The third kappa shape index (κ3) is 235. The van der Waals surface area contributed by atoms with Crippen LogP contribution in [0.5, 0.6) is 0 Å². The van der Waals surface area contributed by atoms with Gasteiger partial charge in [-0.05, 0) is 307 Å². The number of hydrogen-bond donors (Lipinski definition) is 0. The van der Waals surface area contributed by atoms with Crippen LogP contribution >= 0.6 is 106 Å². The van der Waals surface area contributed by atoms with E-state index < -0.39 is 0 Å². The summed E-state index contributed by atoms with van der Waals surface area (Å²) in [5.74, 6) is 28.1. The van der Waals surface area contributed by atoms with E-state index in [1.54, 1.807) is 49.8 Å². The van der Waals surface area contributed by atoms with Crippen molar-refractivity contribution in [1.82, 2.24) is 0 Å². The molecule has 8 atom stereocenters. The first-order valence-corrected chi connectivity index (χ1v) is 63.7. The predicted octanol–water partition coefficient (Wildman–Crippen LogP) is 37.4. The van der Waals surface area contributed by atoms with Gasteiger partial charge >= 0.3 is 0 Å². The highest BCUT2D eigenvalue weighted by molar-refractivity contribution is 8.02. The molecule has 9 nitrogen and oxygen atoms in total. The van der Waals surface area contributed by atoms with Crippen LogP contribution in [0.4, 0.5) is 0 Å². The van der Waals surface area contributed by atoms with Gasteiger partial charge in [-0.15, -0.1) is 0 Å². The fraction of sp³-hybridized carbons (Fsp3) is 1.00. The van der Waals surface area contributed by atoms with Crippen LogP contribution in [0.15, 0.2) is 0 Å². The first kappa shape index (κ1) is 169. The fourth-order valence-electron chi connectivity index (χ4n) is 8.89. The molecule has 0 N–H and O–H groups in total. The highest BCUT2D eigenvalue weighted by Gasteiger charge is 2.09. The van der Waals surface area contributed by atoms with Gasteiger partial charge < -0.3 is 42.6 Å². The third-order valence-corrected chi connectivity index (χ3v) is 27.7. The molecule has 0 aliphatic rings. The van der Waals surface area contributed by atoms with Gasteiger partial charge in [0.1, 0.15) is 0 Å². The maximum absolute atomic E-state index is 5.26. The van der Waals surface area contributed by atoms with Crippen LogP contribution in [-0.4, -0.2) is 228 Å². The first-order valence-electron chi connectivity index (χ1n) is 51.9. The SMILES string of the molecule is CCOCCC(C)C.CCSCCC(C)C.COCCC(C)C.COCCCC(C)C.COCCOCCC(C)C.COC[C@@H](C)C(C)C.COC[C@H](C)C(C)C.CO[C@@H](C)CC(C)C.CO[C@H](C)CC(C)C.CSCCC(C)C.CSCCCC(C)C.CSCCSCCC(C)C.CSC[C@@H](C)C(C)C.CSC[C@H](C)C(C)C.CS[C@@H](C)CC(C)C.CS[C@H](C)CC(C)C. The maximum atomic E-state index is 5.26. The predicted molar refractivity (Wildman–Crippen MR) is 637 cm³/mol. The van der Waals surface area contributed by atoms with Crippen molar-refractivity contribution >= 4 is 106 Å². The number of hydrogen-bond acceptors (Lipinski definition) is 18. The molecule has 0 aromatic heterocycles. The lowest BCUT2D eigenvalue weighted by atomic mass is 10.00. The summed E-state index contributed by atoms with van der Waals surface area (Å²) in [6.07, 6.45) is 33.9. The van der Waals surface area contributed by atoms with Crippen molar-refractivity contribution in [1.29, 1.82) is 0 Å². The molecule has 0 heterocycles. The van der Waals surface area contributed by atoms with E-state index in [2.05, 4.69) is 339 Å². The van der Waals surface area contributed by atoms with Crippen molar-refractivity contribution in [2.75, 3.05) is 205 Å². The summed E-state index contributed by atoms with van der Waals surface area (Å²) in [6, 6.07) is 0. The van der Waals surface area contributed by atoms with Crippen molar-refractivity contribution in [3.63, 3.8) is 0 Å². The van der Waals surface area contributed by atoms with E-state index in [-0.39, 0.29) is 0 Å². The van der Waals surface area contributed by atoms with Gasteiger partial charge in [0.25, 0.3) is 0 Å². The number of methoxy groups -OCH3 is 7. The van der Waals surface area contributed by atoms with Gasteiger partial charge in [0.15, 0.2) is 0 Å². The Morgan fingerprint density at radius 2 is 0.515 bits per heavy atom. The number of thioether (sulfide) groups is 9. The smallest absolute Gasteiger partial charge is 0.0700 e. The molecule has 130 heavy (non-hydrogen) atoms. The van der Waals surface area contributed by atoms with Gasteiger partial charge in [-0.2, -0.15) is 106 Å². The lowest BCUT2D eigenvalue weighted by Gasteiger charge is -2.12. The Bertz CT molecular complexity index is 1540. The monoisotopic (exact) mass is 2030 g/mol. The lowest BCUT2D eigenvalue weighted by molar-refractivity contribution is 0.0654. The fourth-order valence-corrected chi connectivity index (χ4v) is 15.9. The van der Waals surface area contributed by atoms with Crippen molar-refractivity contribution in [3.05, 3.63) is 0 Å². The van der Waals surface area contributed by atoms with E-state index in [0.717, 1.165) is 189 Å². The van der Waals surface area contributed by atoms with Crippen molar-refractivity contribution < 1.29 is 42.6 Å². The Labute approximate surface area is 867 Å². The van der Waals surface area contributed by atoms with Crippen LogP contribution < -0.4 is 0 Å². The molecule has 0 saturated carbocycles. The maximum Gasteiger partial charge on any atom is 0.0700 e. The Hall–Kier alpha value is 2.79. The molecule has 0 saturated heterocycles. The second kappa shape index (κ2) is 145. The molecule has 0 aromatic carbocycles. The lowest BCUT2D eigenvalue weighted by Crippen LogP contribution is -2.09. The molecular formula is C112H256O9S9. The van der Waals surface area contributed by atoms with E-state index in [0.29, 0.717) is 30.7 Å². The molecule has 0 aromatic rings. The average molecular weight is 2040 g/mol. The van der Waals surface area contributed by atoms with Crippen molar-refractivity contribution in [3.8, 4) is 0 Å².